The summed E-state index contributed by atoms with van der Waals surface area (Å²) in [6.07, 6.45) is 6.22. The van der Waals surface area contributed by atoms with Crippen molar-refractivity contribution in [3.8, 4) is 0 Å². The molecule has 0 saturated heterocycles. The second kappa shape index (κ2) is 12.6. The van der Waals surface area contributed by atoms with Gasteiger partial charge in [0.15, 0.2) is 0 Å². The van der Waals surface area contributed by atoms with Crippen LogP contribution in [0, 0.1) is 29.1 Å². The van der Waals surface area contributed by atoms with Gasteiger partial charge in [0.05, 0.1) is 0 Å². The topological polar surface area (TPSA) is 35.5 Å². The van der Waals surface area contributed by atoms with E-state index in [0.29, 0.717) is 21.5 Å². The van der Waals surface area contributed by atoms with Crippen LogP contribution in [0.5, 0.6) is 0 Å². The molecule has 5 unspecified atom stereocenters. The summed E-state index contributed by atoms with van der Waals surface area (Å²) in [7, 11) is 0. The summed E-state index contributed by atoms with van der Waals surface area (Å²) in [4.78, 5) is 14.0. The third-order valence-corrected chi connectivity index (χ3v) is 12.6. The first-order chi connectivity index (χ1) is 15.3. The molecule has 194 valence electrons. The number of hydrogen-bond donors (Lipinski definition) is 0. The van der Waals surface area contributed by atoms with Crippen molar-refractivity contribution in [2.75, 3.05) is 0 Å². The van der Waals surface area contributed by atoms with E-state index in [0.717, 1.165) is 37.5 Å². The van der Waals surface area contributed by atoms with Crippen LogP contribution in [0.4, 0.5) is 4.79 Å². The zero-order chi connectivity index (χ0) is 25.1. The van der Waals surface area contributed by atoms with Crippen molar-refractivity contribution >= 4 is 69.9 Å². The Kier molecular flexibility index (Phi) is 11.6. The number of ether oxygens (including phenoxy) is 2. The molecule has 0 amide bonds. The Morgan fingerprint density at radius 3 is 1.67 bits per heavy atom. The van der Waals surface area contributed by atoms with Gasteiger partial charge in [-0.3, -0.25) is 0 Å². The van der Waals surface area contributed by atoms with Gasteiger partial charge in [0.1, 0.15) is 11.7 Å². The first kappa shape index (κ1) is 30.4. The smallest absolute Gasteiger partial charge is 0.431 e. The van der Waals surface area contributed by atoms with Gasteiger partial charge < -0.3 is 9.47 Å². The van der Waals surface area contributed by atoms with Crippen molar-refractivity contribution in [1.82, 2.24) is 0 Å². The standard InChI is InChI=1S/C26H44Br4O3/c1-8-15(4)16-11-18(27)22(19(28)12-16)25(5,6)23-20(29)13-17(14-21(23)30)32-24(31)33-26(7,9-2)10-3/h15-23H,8-14H2,1-7H3. The molecule has 0 aromatic rings. The molecular weight excluding hydrogens is 680 g/mol. The van der Waals surface area contributed by atoms with Crippen LogP contribution in [0.25, 0.3) is 0 Å². The van der Waals surface area contributed by atoms with Gasteiger partial charge in [0.25, 0.3) is 0 Å². The SMILES string of the molecule is CCC(C)C1CC(Br)C(C(C)(C)C2C(Br)CC(OC(=O)OC(C)(CC)CC)CC2Br)C(Br)C1. The van der Waals surface area contributed by atoms with Crippen molar-refractivity contribution in [1.29, 1.82) is 0 Å². The van der Waals surface area contributed by atoms with E-state index >= 15 is 0 Å². The molecule has 0 aliphatic heterocycles. The average molecular weight is 724 g/mol. The highest BCUT2D eigenvalue weighted by Crippen LogP contribution is 2.56. The largest absolute Gasteiger partial charge is 0.509 e. The minimum absolute atomic E-state index is 0.0968. The molecule has 0 spiro atoms. The molecule has 2 aliphatic carbocycles. The van der Waals surface area contributed by atoms with Gasteiger partial charge in [-0.25, -0.2) is 4.79 Å². The number of carbonyl (C=O) groups is 1. The van der Waals surface area contributed by atoms with Gasteiger partial charge >= 0.3 is 6.16 Å². The van der Waals surface area contributed by atoms with Gasteiger partial charge in [-0.1, -0.05) is 112 Å². The maximum absolute atomic E-state index is 12.5. The fourth-order valence-corrected chi connectivity index (χ4v) is 12.9. The van der Waals surface area contributed by atoms with E-state index in [1.165, 1.54) is 19.3 Å². The van der Waals surface area contributed by atoms with Gasteiger partial charge in [0.2, 0.25) is 0 Å². The van der Waals surface area contributed by atoms with Gasteiger partial charge in [0, 0.05) is 19.3 Å². The Balaban J connectivity index is 2.07. The summed E-state index contributed by atoms with van der Waals surface area (Å²) < 4.78 is 11.5. The molecule has 0 radical (unpaired) electrons. The lowest BCUT2D eigenvalue weighted by molar-refractivity contribution is -0.0563. The minimum Gasteiger partial charge on any atom is -0.431 e. The molecular formula is C26H44Br4O3. The van der Waals surface area contributed by atoms with Crippen molar-refractivity contribution in [3.05, 3.63) is 0 Å². The van der Waals surface area contributed by atoms with Crippen molar-refractivity contribution in [2.24, 2.45) is 29.1 Å². The third kappa shape index (κ3) is 7.37. The van der Waals surface area contributed by atoms with Crippen LogP contribution in [-0.2, 0) is 9.47 Å². The summed E-state index contributed by atoms with van der Waals surface area (Å²) in [6, 6.07) is 0. The molecule has 2 rings (SSSR count). The van der Waals surface area contributed by atoms with Crippen LogP contribution in [-0.4, -0.2) is 37.2 Å². The number of halogens is 4. The number of carbonyl (C=O) groups excluding carboxylic acids is 1. The van der Waals surface area contributed by atoms with E-state index in [9.17, 15) is 4.79 Å². The summed E-state index contributed by atoms with van der Waals surface area (Å²) in [5, 5.41) is 0. The van der Waals surface area contributed by atoms with E-state index in [-0.39, 0.29) is 21.2 Å². The Hall–Kier alpha value is 1.19. The fraction of sp³-hybridized carbons (Fsp3) is 0.962. The van der Waals surface area contributed by atoms with Crippen molar-refractivity contribution in [2.45, 2.75) is 124 Å². The normalized spacial score (nSPS) is 36.8. The average Bonchev–Trinajstić information content (AvgIpc) is 2.71. The van der Waals surface area contributed by atoms with Crippen LogP contribution in [0.3, 0.4) is 0 Å². The second-order valence-electron chi connectivity index (χ2n) is 11.3. The van der Waals surface area contributed by atoms with Gasteiger partial charge in [-0.2, -0.15) is 0 Å². The summed E-state index contributed by atoms with van der Waals surface area (Å²) in [6.45, 7) is 15.6. The summed E-state index contributed by atoms with van der Waals surface area (Å²) in [5.41, 5.74) is -0.360. The van der Waals surface area contributed by atoms with Gasteiger partial charge in [-0.15, -0.1) is 0 Å². The van der Waals surface area contributed by atoms with E-state index < -0.39 is 11.8 Å². The first-order valence-electron chi connectivity index (χ1n) is 12.7. The predicted molar refractivity (Wildman–Crippen MR) is 153 cm³/mol. The zero-order valence-electron chi connectivity index (χ0n) is 21.4. The molecule has 0 heterocycles. The van der Waals surface area contributed by atoms with Crippen LogP contribution in [0.2, 0.25) is 0 Å². The monoisotopic (exact) mass is 720 g/mol. The summed E-state index contributed by atoms with van der Waals surface area (Å²) in [5.74, 6) is 2.48. The molecule has 0 N–H and O–H groups in total. The molecule has 33 heavy (non-hydrogen) atoms. The van der Waals surface area contributed by atoms with Gasteiger partial charge in [-0.05, 0) is 74.5 Å². The van der Waals surface area contributed by atoms with E-state index in [1.54, 1.807) is 0 Å². The lowest BCUT2D eigenvalue weighted by atomic mass is 9.59. The molecule has 0 bridgehead atoms. The maximum atomic E-state index is 12.5. The van der Waals surface area contributed by atoms with E-state index in [2.05, 4.69) is 91.4 Å². The van der Waals surface area contributed by atoms with Crippen LogP contribution in [0.1, 0.15) is 93.4 Å². The molecule has 5 atom stereocenters. The minimum atomic E-state index is -0.535. The lowest BCUT2D eigenvalue weighted by Crippen LogP contribution is -2.53. The Morgan fingerprint density at radius 1 is 0.848 bits per heavy atom. The quantitative estimate of drug-likeness (QED) is 0.185. The molecule has 2 saturated carbocycles. The molecule has 0 aromatic carbocycles. The van der Waals surface area contributed by atoms with E-state index in [1.807, 2.05) is 20.8 Å². The number of alkyl halides is 4. The lowest BCUT2D eigenvalue weighted by Gasteiger charge is -2.54. The second-order valence-corrected chi connectivity index (χ2v) is 16.0. The highest BCUT2D eigenvalue weighted by Gasteiger charge is 2.53. The number of hydrogen-bond acceptors (Lipinski definition) is 3. The Labute approximate surface area is 236 Å². The number of rotatable bonds is 8. The highest BCUT2D eigenvalue weighted by molar-refractivity contribution is 9.10. The van der Waals surface area contributed by atoms with Crippen LogP contribution < -0.4 is 0 Å². The molecule has 2 aliphatic rings. The Morgan fingerprint density at radius 2 is 1.27 bits per heavy atom. The summed E-state index contributed by atoms with van der Waals surface area (Å²) >= 11 is 16.3. The predicted octanol–water partition coefficient (Wildman–Crippen LogP) is 9.65. The van der Waals surface area contributed by atoms with Crippen molar-refractivity contribution in [3.63, 3.8) is 0 Å². The molecule has 3 nitrogen and oxygen atoms in total. The zero-order valence-corrected chi connectivity index (χ0v) is 27.7. The van der Waals surface area contributed by atoms with Crippen LogP contribution in [0.15, 0.2) is 0 Å². The molecule has 2 fully saturated rings. The third-order valence-electron chi connectivity index (χ3n) is 8.85. The first-order valence-corrected chi connectivity index (χ1v) is 16.4. The Bertz CT molecular complexity index is 615. The molecule has 7 heteroatoms. The highest BCUT2D eigenvalue weighted by atomic mass is 79.9. The maximum Gasteiger partial charge on any atom is 0.509 e. The fourth-order valence-electron chi connectivity index (χ4n) is 6.05. The van der Waals surface area contributed by atoms with Crippen molar-refractivity contribution < 1.29 is 14.3 Å². The van der Waals surface area contributed by atoms with Crippen LogP contribution >= 0.6 is 63.7 Å². The van der Waals surface area contributed by atoms with E-state index in [4.69, 9.17) is 9.47 Å². The molecule has 0 aromatic heterocycles.